The molecule has 2 N–H and O–H groups in total. The molecule has 0 radical (unpaired) electrons. The van der Waals surface area contributed by atoms with E-state index in [2.05, 4.69) is 10.6 Å². The first-order chi connectivity index (χ1) is 14.3. The van der Waals surface area contributed by atoms with Crippen molar-refractivity contribution in [3.63, 3.8) is 0 Å². The Labute approximate surface area is 170 Å². The quantitative estimate of drug-likeness (QED) is 0.751. The fourth-order valence-electron chi connectivity index (χ4n) is 3.73. The van der Waals surface area contributed by atoms with Gasteiger partial charge in [0, 0.05) is 18.2 Å². The van der Waals surface area contributed by atoms with Gasteiger partial charge in [-0.05, 0) is 43.2 Å². The second kappa shape index (κ2) is 7.33. The van der Waals surface area contributed by atoms with Crippen molar-refractivity contribution in [1.29, 1.82) is 0 Å². The van der Waals surface area contributed by atoms with Crippen LogP contribution in [-0.2, 0) is 9.59 Å². The van der Waals surface area contributed by atoms with E-state index in [1.807, 2.05) is 0 Å². The van der Waals surface area contributed by atoms with Crippen molar-refractivity contribution >= 4 is 29.3 Å². The highest BCUT2D eigenvalue weighted by Crippen LogP contribution is 2.34. The van der Waals surface area contributed by atoms with Crippen LogP contribution in [0.3, 0.4) is 0 Å². The van der Waals surface area contributed by atoms with Crippen LogP contribution in [0.1, 0.15) is 52.1 Å². The molecule has 2 aromatic carbocycles. The van der Waals surface area contributed by atoms with Crippen molar-refractivity contribution in [2.75, 3.05) is 5.32 Å². The predicted octanol–water partition coefficient (Wildman–Crippen LogP) is 2.54. The molecule has 0 spiro atoms. The fourth-order valence-corrected chi connectivity index (χ4v) is 3.73. The van der Waals surface area contributed by atoms with E-state index in [1.165, 1.54) is 12.1 Å². The molecule has 0 saturated carbocycles. The average Bonchev–Trinajstić information content (AvgIpc) is 2.96. The third-order valence-electron chi connectivity index (χ3n) is 5.28. The van der Waals surface area contributed by atoms with E-state index in [4.69, 9.17) is 0 Å². The molecular weight excluding hydrogens is 396 g/mol. The average molecular weight is 413 g/mol. The molecule has 4 amide bonds. The van der Waals surface area contributed by atoms with Crippen LogP contribution in [-0.4, -0.2) is 34.6 Å². The van der Waals surface area contributed by atoms with Gasteiger partial charge in [-0.1, -0.05) is 12.1 Å². The third-order valence-corrected chi connectivity index (χ3v) is 5.28. The number of imide groups is 2. The second-order valence-corrected chi connectivity index (χ2v) is 7.21. The summed E-state index contributed by atoms with van der Waals surface area (Å²) in [5.74, 6) is -4.36. The van der Waals surface area contributed by atoms with Crippen molar-refractivity contribution in [3.8, 4) is 0 Å². The highest BCUT2D eigenvalue weighted by atomic mass is 19.2. The zero-order chi connectivity index (χ0) is 21.6. The molecule has 0 aliphatic carbocycles. The van der Waals surface area contributed by atoms with Gasteiger partial charge in [0.2, 0.25) is 11.8 Å². The highest BCUT2D eigenvalue weighted by Gasteiger charge is 2.45. The monoisotopic (exact) mass is 413 g/mol. The summed E-state index contributed by atoms with van der Waals surface area (Å²) in [6, 6.07) is 6.57. The Morgan fingerprint density at radius 2 is 1.83 bits per heavy atom. The standard InChI is InChI=1S/C21H17F2N3O4/c1-10(11-5-6-13(22)14(23)9-11)24-15-4-2-3-12-18(15)21(30)26(20(12)29)16-7-8-17(27)25-19(16)28/h2-6,9-10,16,24H,7-8H2,1H3,(H,25,27,28)/t10-,16?/m1/s1. The molecule has 0 aromatic heterocycles. The molecule has 1 fully saturated rings. The number of benzene rings is 2. The van der Waals surface area contributed by atoms with Gasteiger partial charge in [-0.3, -0.25) is 29.4 Å². The summed E-state index contributed by atoms with van der Waals surface area (Å²) in [5, 5.41) is 5.20. The van der Waals surface area contributed by atoms with Crippen LogP contribution in [0.25, 0.3) is 0 Å². The minimum atomic E-state index is -1.06. The van der Waals surface area contributed by atoms with E-state index < -0.39 is 47.3 Å². The number of hydrogen-bond donors (Lipinski definition) is 2. The second-order valence-electron chi connectivity index (χ2n) is 7.21. The first-order valence-corrected chi connectivity index (χ1v) is 9.34. The lowest BCUT2D eigenvalue weighted by Gasteiger charge is -2.28. The van der Waals surface area contributed by atoms with Crippen LogP contribution in [0.4, 0.5) is 14.5 Å². The van der Waals surface area contributed by atoms with Gasteiger partial charge in [-0.25, -0.2) is 8.78 Å². The van der Waals surface area contributed by atoms with E-state index in [0.29, 0.717) is 11.3 Å². The summed E-state index contributed by atoms with van der Waals surface area (Å²) in [6.07, 6.45) is 0.0895. The summed E-state index contributed by atoms with van der Waals surface area (Å²) >= 11 is 0. The molecule has 2 heterocycles. The van der Waals surface area contributed by atoms with Gasteiger partial charge in [0.05, 0.1) is 11.1 Å². The van der Waals surface area contributed by atoms with E-state index >= 15 is 0 Å². The van der Waals surface area contributed by atoms with Crippen LogP contribution in [0.5, 0.6) is 0 Å². The largest absolute Gasteiger partial charge is 0.378 e. The number of nitrogens with zero attached hydrogens (tertiary/aromatic N) is 1. The van der Waals surface area contributed by atoms with Gasteiger partial charge >= 0.3 is 0 Å². The van der Waals surface area contributed by atoms with Gasteiger partial charge in [0.15, 0.2) is 11.6 Å². The molecule has 2 atom stereocenters. The first-order valence-electron chi connectivity index (χ1n) is 9.34. The molecule has 7 nitrogen and oxygen atoms in total. The molecule has 0 bridgehead atoms. The number of nitrogens with one attached hydrogen (secondary N) is 2. The van der Waals surface area contributed by atoms with E-state index in [9.17, 15) is 28.0 Å². The molecule has 9 heteroatoms. The van der Waals surface area contributed by atoms with Gasteiger partial charge in [-0.2, -0.15) is 0 Å². The van der Waals surface area contributed by atoms with Crippen molar-refractivity contribution in [1.82, 2.24) is 10.2 Å². The van der Waals surface area contributed by atoms with Crippen molar-refractivity contribution in [2.45, 2.75) is 31.8 Å². The maximum Gasteiger partial charge on any atom is 0.264 e. The lowest BCUT2D eigenvalue weighted by molar-refractivity contribution is -0.136. The van der Waals surface area contributed by atoms with Gasteiger partial charge in [0.25, 0.3) is 11.8 Å². The molecule has 2 aliphatic heterocycles. The summed E-state index contributed by atoms with van der Waals surface area (Å²) in [4.78, 5) is 50.4. The smallest absolute Gasteiger partial charge is 0.264 e. The summed E-state index contributed by atoms with van der Waals surface area (Å²) < 4.78 is 26.8. The normalized spacial score (nSPS) is 19.6. The summed E-state index contributed by atoms with van der Waals surface area (Å²) in [7, 11) is 0. The number of carbonyl (C=O) groups excluding carboxylic acids is 4. The molecule has 2 aliphatic rings. The van der Waals surface area contributed by atoms with Crippen molar-refractivity contribution in [3.05, 3.63) is 64.7 Å². The minimum Gasteiger partial charge on any atom is -0.378 e. The topological polar surface area (TPSA) is 95.6 Å². The molecule has 1 unspecified atom stereocenters. The van der Waals surface area contributed by atoms with E-state index in [-0.39, 0.29) is 24.0 Å². The number of piperidine rings is 1. The number of anilines is 1. The first kappa shape index (κ1) is 19.7. The Morgan fingerprint density at radius 3 is 2.53 bits per heavy atom. The SMILES string of the molecule is C[C@@H](Nc1cccc2c1C(=O)N(C1CCC(=O)NC1=O)C2=O)c1ccc(F)c(F)c1. The zero-order valence-electron chi connectivity index (χ0n) is 15.9. The Kier molecular flexibility index (Phi) is 4.81. The maximum absolute atomic E-state index is 13.6. The predicted molar refractivity (Wildman–Crippen MR) is 102 cm³/mol. The Hall–Kier alpha value is -3.62. The molecular formula is C21H17F2N3O4. The molecule has 1 saturated heterocycles. The van der Waals surface area contributed by atoms with Gasteiger partial charge in [0.1, 0.15) is 6.04 Å². The van der Waals surface area contributed by atoms with Crippen LogP contribution < -0.4 is 10.6 Å². The number of fused-ring (bicyclic) bond motifs is 1. The number of carbonyl (C=O) groups is 4. The minimum absolute atomic E-state index is 0.0298. The van der Waals surface area contributed by atoms with Crippen LogP contribution in [0, 0.1) is 11.6 Å². The van der Waals surface area contributed by atoms with Gasteiger partial charge < -0.3 is 5.32 Å². The Morgan fingerprint density at radius 1 is 1.07 bits per heavy atom. The molecule has 2 aromatic rings. The number of rotatable bonds is 4. The zero-order valence-corrected chi connectivity index (χ0v) is 15.9. The summed E-state index contributed by atoms with van der Waals surface area (Å²) in [6.45, 7) is 1.70. The van der Waals surface area contributed by atoms with E-state index in [0.717, 1.165) is 17.0 Å². The highest BCUT2D eigenvalue weighted by molar-refractivity contribution is 6.25. The summed E-state index contributed by atoms with van der Waals surface area (Å²) in [5.41, 5.74) is 1.01. The molecule has 30 heavy (non-hydrogen) atoms. The number of halogens is 2. The van der Waals surface area contributed by atoms with E-state index in [1.54, 1.807) is 19.1 Å². The fraction of sp³-hybridized carbons (Fsp3) is 0.238. The maximum atomic E-state index is 13.6. The number of amides is 4. The van der Waals surface area contributed by atoms with Gasteiger partial charge in [-0.15, -0.1) is 0 Å². The molecule has 154 valence electrons. The number of hydrogen-bond acceptors (Lipinski definition) is 5. The van der Waals surface area contributed by atoms with Crippen LogP contribution >= 0.6 is 0 Å². The Bertz CT molecular complexity index is 1100. The van der Waals surface area contributed by atoms with Crippen molar-refractivity contribution in [2.24, 2.45) is 0 Å². The third kappa shape index (κ3) is 3.22. The lowest BCUT2D eigenvalue weighted by Crippen LogP contribution is -2.54. The van der Waals surface area contributed by atoms with Crippen LogP contribution in [0.2, 0.25) is 0 Å². The Balaban J connectivity index is 1.64. The van der Waals surface area contributed by atoms with Crippen LogP contribution in [0.15, 0.2) is 36.4 Å². The lowest BCUT2D eigenvalue weighted by atomic mass is 10.0. The van der Waals surface area contributed by atoms with Crippen molar-refractivity contribution < 1.29 is 28.0 Å². The molecule has 4 rings (SSSR count).